The minimum Gasteiger partial charge on any atom is -0.298 e. The van der Waals surface area contributed by atoms with E-state index >= 15 is 0 Å². The monoisotopic (exact) mass is 468 g/mol. The Labute approximate surface area is 194 Å². The third-order valence-corrected chi connectivity index (χ3v) is 8.33. The molecule has 1 aromatic carbocycles. The van der Waals surface area contributed by atoms with Gasteiger partial charge in [0.15, 0.2) is 0 Å². The van der Waals surface area contributed by atoms with E-state index in [2.05, 4.69) is 27.3 Å². The molecule has 0 bridgehead atoms. The highest BCUT2D eigenvalue weighted by molar-refractivity contribution is 7.18. The number of halogens is 1. The van der Waals surface area contributed by atoms with E-state index in [9.17, 15) is 9.18 Å². The van der Waals surface area contributed by atoms with Crippen LogP contribution in [0.3, 0.4) is 0 Å². The van der Waals surface area contributed by atoms with Gasteiger partial charge in [0.05, 0.1) is 18.3 Å². The Morgan fingerprint density at radius 3 is 3.00 bits per heavy atom. The zero-order chi connectivity index (χ0) is 22.2. The smallest absolute Gasteiger partial charge is 0.262 e. The second-order valence-electron chi connectivity index (χ2n) is 8.50. The van der Waals surface area contributed by atoms with Gasteiger partial charge in [0.2, 0.25) is 0 Å². The maximum atomic E-state index is 13.5. The summed E-state index contributed by atoms with van der Waals surface area (Å²) in [7, 11) is 2.16. The van der Waals surface area contributed by atoms with E-state index in [1.807, 2.05) is 13.0 Å². The van der Waals surface area contributed by atoms with Gasteiger partial charge in [-0.25, -0.2) is 14.4 Å². The SMILES string of the molecule is Cc1csc(CN(C)[C@H]2CCc3c(sc4ncn(CCc5cccc(F)c5)c(=O)c34)C2)n1. The number of thiazole rings is 1. The second kappa shape index (κ2) is 8.84. The standard InChI is InChI=1S/C24H25FN4OS2/c1-15-13-31-21(27-15)12-28(2)18-6-7-19-20(11-18)32-23-22(19)24(30)29(14-26-23)9-8-16-4-3-5-17(25)10-16/h3-5,10,13-14,18H,6-9,11-12H2,1-2H3/t18-/m0/s1. The van der Waals surface area contributed by atoms with Gasteiger partial charge in [-0.15, -0.1) is 22.7 Å². The first-order chi connectivity index (χ1) is 15.5. The number of aryl methyl sites for hydroxylation is 4. The van der Waals surface area contributed by atoms with Crippen molar-refractivity contribution in [3.05, 3.63) is 78.8 Å². The van der Waals surface area contributed by atoms with Gasteiger partial charge in [0.25, 0.3) is 5.56 Å². The van der Waals surface area contributed by atoms with Crippen LogP contribution in [0.1, 0.15) is 33.1 Å². The number of thiophene rings is 1. The lowest BCUT2D eigenvalue weighted by molar-refractivity contribution is 0.215. The van der Waals surface area contributed by atoms with Crippen molar-refractivity contribution in [3.8, 4) is 0 Å². The van der Waals surface area contributed by atoms with E-state index in [1.165, 1.54) is 22.6 Å². The molecule has 166 valence electrons. The topological polar surface area (TPSA) is 51.0 Å². The second-order valence-corrected chi connectivity index (χ2v) is 10.5. The number of likely N-dealkylation sites (N-methyl/N-ethyl adjacent to an activating group) is 1. The van der Waals surface area contributed by atoms with Gasteiger partial charge in [-0.2, -0.15) is 0 Å². The number of hydrogen-bond donors (Lipinski definition) is 0. The van der Waals surface area contributed by atoms with Crippen LogP contribution in [-0.4, -0.2) is 32.5 Å². The van der Waals surface area contributed by atoms with E-state index in [0.717, 1.165) is 52.3 Å². The van der Waals surface area contributed by atoms with Gasteiger partial charge in [-0.05, 0) is 62.9 Å². The largest absolute Gasteiger partial charge is 0.298 e. The highest BCUT2D eigenvalue weighted by atomic mass is 32.1. The van der Waals surface area contributed by atoms with Crippen LogP contribution in [0.2, 0.25) is 0 Å². The van der Waals surface area contributed by atoms with Crippen LogP contribution < -0.4 is 5.56 Å². The van der Waals surface area contributed by atoms with Gasteiger partial charge >= 0.3 is 0 Å². The molecule has 0 saturated carbocycles. The summed E-state index contributed by atoms with van der Waals surface area (Å²) in [5.41, 5.74) is 3.16. The first-order valence-corrected chi connectivity index (χ1v) is 12.5. The Balaban J connectivity index is 1.35. The minimum atomic E-state index is -0.250. The lowest BCUT2D eigenvalue weighted by atomic mass is 9.92. The van der Waals surface area contributed by atoms with Crippen LogP contribution in [0.4, 0.5) is 4.39 Å². The third-order valence-electron chi connectivity index (χ3n) is 6.21. The first-order valence-electron chi connectivity index (χ1n) is 10.8. The van der Waals surface area contributed by atoms with Crippen molar-refractivity contribution in [2.75, 3.05) is 7.05 Å². The van der Waals surface area contributed by atoms with Crippen molar-refractivity contribution in [2.24, 2.45) is 0 Å². The molecule has 1 aliphatic carbocycles. The van der Waals surface area contributed by atoms with Gasteiger partial charge in [0, 0.05) is 28.5 Å². The van der Waals surface area contributed by atoms with Crippen LogP contribution >= 0.6 is 22.7 Å². The van der Waals surface area contributed by atoms with Crippen LogP contribution in [0.5, 0.6) is 0 Å². The summed E-state index contributed by atoms with van der Waals surface area (Å²) < 4.78 is 15.1. The molecule has 8 heteroatoms. The van der Waals surface area contributed by atoms with E-state index in [4.69, 9.17) is 0 Å². The van der Waals surface area contributed by atoms with Gasteiger partial charge < -0.3 is 0 Å². The predicted octanol–water partition coefficient (Wildman–Crippen LogP) is 4.59. The zero-order valence-electron chi connectivity index (χ0n) is 18.2. The molecule has 0 radical (unpaired) electrons. The molecule has 0 amide bonds. The number of rotatable bonds is 6. The summed E-state index contributed by atoms with van der Waals surface area (Å²) in [5, 5.41) is 4.03. The molecule has 1 atom stereocenters. The van der Waals surface area contributed by atoms with E-state index in [-0.39, 0.29) is 11.4 Å². The molecule has 0 spiro atoms. The number of benzene rings is 1. The minimum absolute atomic E-state index is 0.0222. The molecule has 5 rings (SSSR count). The number of fused-ring (bicyclic) bond motifs is 3. The van der Waals surface area contributed by atoms with E-state index < -0.39 is 0 Å². The zero-order valence-corrected chi connectivity index (χ0v) is 19.8. The van der Waals surface area contributed by atoms with Crippen LogP contribution in [0.15, 0.2) is 40.8 Å². The highest BCUT2D eigenvalue weighted by Crippen LogP contribution is 2.35. The van der Waals surface area contributed by atoms with Crippen molar-refractivity contribution in [2.45, 2.75) is 51.7 Å². The normalized spacial score (nSPS) is 16.1. The Morgan fingerprint density at radius 1 is 1.34 bits per heavy atom. The Kier molecular flexibility index (Phi) is 5.92. The molecule has 3 heterocycles. The summed E-state index contributed by atoms with van der Waals surface area (Å²) in [4.78, 5) is 26.9. The Morgan fingerprint density at radius 2 is 2.22 bits per heavy atom. The lowest BCUT2D eigenvalue weighted by Crippen LogP contribution is -2.35. The maximum absolute atomic E-state index is 13.5. The van der Waals surface area contributed by atoms with Gasteiger partial charge in [0.1, 0.15) is 15.7 Å². The Bertz CT molecular complexity index is 1330. The van der Waals surface area contributed by atoms with Crippen molar-refractivity contribution in [1.29, 1.82) is 0 Å². The fourth-order valence-corrected chi connectivity index (χ4v) is 6.56. The van der Waals surface area contributed by atoms with Crippen LogP contribution in [0, 0.1) is 12.7 Å². The van der Waals surface area contributed by atoms with Crippen LogP contribution in [0.25, 0.3) is 10.2 Å². The first kappa shape index (κ1) is 21.4. The number of aromatic nitrogens is 3. The fraction of sp³-hybridized carbons (Fsp3) is 0.375. The highest BCUT2D eigenvalue weighted by Gasteiger charge is 2.27. The molecule has 32 heavy (non-hydrogen) atoms. The molecular formula is C24H25FN4OS2. The Hall–Kier alpha value is -2.42. The third kappa shape index (κ3) is 4.27. The lowest BCUT2D eigenvalue weighted by Gasteiger charge is -2.30. The van der Waals surface area contributed by atoms with Gasteiger partial charge in [-0.3, -0.25) is 14.3 Å². The molecule has 0 aliphatic heterocycles. The van der Waals surface area contributed by atoms with E-state index in [1.54, 1.807) is 39.6 Å². The molecular weight excluding hydrogens is 443 g/mol. The molecule has 1 aliphatic rings. The maximum Gasteiger partial charge on any atom is 0.262 e. The molecule has 3 aromatic heterocycles. The molecule has 0 unspecified atom stereocenters. The average molecular weight is 469 g/mol. The van der Waals surface area contributed by atoms with Crippen molar-refractivity contribution in [3.63, 3.8) is 0 Å². The van der Waals surface area contributed by atoms with Crippen LogP contribution in [-0.2, 0) is 32.4 Å². The fourth-order valence-electron chi connectivity index (χ4n) is 4.48. The summed E-state index contributed by atoms with van der Waals surface area (Å²) >= 11 is 3.37. The summed E-state index contributed by atoms with van der Waals surface area (Å²) in [6, 6.07) is 6.98. The number of nitrogens with zero attached hydrogens (tertiary/aromatic N) is 4. The summed E-state index contributed by atoms with van der Waals surface area (Å²) in [6.07, 6.45) is 5.10. The van der Waals surface area contributed by atoms with Crippen molar-refractivity contribution >= 4 is 32.9 Å². The van der Waals surface area contributed by atoms with Crippen molar-refractivity contribution < 1.29 is 4.39 Å². The van der Waals surface area contributed by atoms with E-state index in [0.29, 0.717) is 19.0 Å². The summed E-state index contributed by atoms with van der Waals surface area (Å²) in [6.45, 7) is 3.38. The predicted molar refractivity (Wildman–Crippen MR) is 128 cm³/mol. The number of hydrogen-bond acceptors (Lipinski definition) is 6. The van der Waals surface area contributed by atoms with Gasteiger partial charge in [-0.1, -0.05) is 12.1 Å². The summed E-state index contributed by atoms with van der Waals surface area (Å²) in [5.74, 6) is -0.250. The molecule has 0 fully saturated rings. The quantitative estimate of drug-likeness (QED) is 0.415. The molecule has 0 saturated heterocycles. The molecule has 4 aromatic rings. The molecule has 0 N–H and O–H groups in total. The molecule has 5 nitrogen and oxygen atoms in total. The van der Waals surface area contributed by atoms with Crippen molar-refractivity contribution in [1.82, 2.24) is 19.4 Å². The average Bonchev–Trinajstić information content (AvgIpc) is 3.35.